The number of carbonyl (C=O) groups is 2. The van der Waals surface area contributed by atoms with Crippen molar-refractivity contribution < 1.29 is 28.7 Å². The number of amides is 1. The highest BCUT2D eigenvalue weighted by atomic mass is 16.6. The molecule has 2 heterocycles. The Morgan fingerprint density at radius 2 is 2.45 bits per heavy atom. The summed E-state index contributed by atoms with van der Waals surface area (Å²) in [6.45, 7) is 4.53. The lowest BCUT2D eigenvalue weighted by Gasteiger charge is -2.31. The van der Waals surface area contributed by atoms with Crippen LogP contribution < -0.4 is 0 Å². The Balaban J connectivity index is 2.00. The SMILES string of the molecule is C=CCOC(=O)N1CCOC(c2cc(C(=O)O)on2)C1. The molecule has 1 unspecified atom stereocenters. The second kappa shape index (κ2) is 6.20. The van der Waals surface area contributed by atoms with Crippen LogP contribution in [0, 0.1) is 0 Å². The molecule has 1 aliphatic rings. The second-order valence-electron chi connectivity index (χ2n) is 4.09. The molecule has 0 aromatic carbocycles. The van der Waals surface area contributed by atoms with E-state index < -0.39 is 18.2 Å². The van der Waals surface area contributed by atoms with Crippen molar-refractivity contribution in [1.82, 2.24) is 10.1 Å². The predicted octanol–water partition coefficient (Wildman–Crippen LogP) is 1.07. The first-order valence-corrected chi connectivity index (χ1v) is 5.96. The van der Waals surface area contributed by atoms with Crippen LogP contribution in [0.1, 0.15) is 22.4 Å². The molecule has 0 aliphatic carbocycles. The van der Waals surface area contributed by atoms with Gasteiger partial charge in [0, 0.05) is 12.6 Å². The zero-order valence-electron chi connectivity index (χ0n) is 10.7. The van der Waals surface area contributed by atoms with Crippen molar-refractivity contribution in [3.63, 3.8) is 0 Å². The van der Waals surface area contributed by atoms with Crippen molar-refractivity contribution in [3.05, 3.63) is 30.2 Å². The van der Waals surface area contributed by atoms with E-state index in [0.29, 0.717) is 18.8 Å². The van der Waals surface area contributed by atoms with Crippen molar-refractivity contribution in [3.8, 4) is 0 Å². The maximum absolute atomic E-state index is 11.7. The molecule has 1 atom stereocenters. The van der Waals surface area contributed by atoms with Crippen LogP contribution in [0.25, 0.3) is 0 Å². The molecule has 0 bridgehead atoms. The molecule has 1 aromatic rings. The van der Waals surface area contributed by atoms with Crippen molar-refractivity contribution >= 4 is 12.1 Å². The Kier molecular flexibility index (Phi) is 4.36. The molecule has 1 amide bonds. The van der Waals surface area contributed by atoms with E-state index in [1.165, 1.54) is 17.0 Å². The first kappa shape index (κ1) is 14.1. The number of aromatic nitrogens is 1. The third kappa shape index (κ3) is 3.15. The number of carboxylic acid groups (broad SMARTS) is 1. The zero-order valence-corrected chi connectivity index (χ0v) is 10.7. The topological polar surface area (TPSA) is 102 Å². The number of morpholine rings is 1. The fourth-order valence-corrected chi connectivity index (χ4v) is 1.76. The van der Waals surface area contributed by atoms with Gasteiger partial charge in [-0.15, -0.1) is 0 Å². The average Bonchev–Trinajstić information content (AvgIpc) is 2.95. The van der Waals surface area contributed by atoms with E-state index in [0.717, 1.165) is 0 Å². The molecule has 8 heteroatoms. The quantitative estimate of drug-likeness (QED) is 0.824. The summed E-state index contributed by atoms with van der Waals surface area (Å²) < 4.78 is 15.1. The third-order valence-corrected chi connectivity index (χ3v) is 2.72. The van der Waals surface area contributed by atoms with Gasteiger partial charge < -0.3 is 24.0 Å². The number of rotatable bonds is 4. The van der Waals surface area contributed by atoms with Crippen LogP contribution in [-0.4, -0.2) is 53.5 Å². The highest BCUT2D eigenvalue weighted by Crippen LogP contribution is 2.22. The monoisotopic (exact) mass is 282 g/mol. The number of carboxylic acids is 1. The fraction of sp³-hybridized carbons (Fsp3) is 0.417. The maximum Gasteiger partial charge on any atom is 0.410 e. The van der Waals surface area contributed by atoms with E-state index in [1.54, 1.807) is 0 Å². The summed E-state index contributed by atoms with van der Waals surface area (Å²) in [5, 5.41) is 12.4. The summed E-state index contributed by atoms with van der Waals surface area (Å²) in [4.78, 5) is 23.9. The molecule has 1 N–H and O–H groups in total. The van der Waals surface area contributed by atoms with E-state index in [-0.39, 0.29) is 18.9 Å². The Morgan fingerprint density at radius 3 is 3.10 bits per heavy atom. The minimum Gasteiger partial charge on any atom is -0.475 e. The van der Waals surface area contributed by atoms with E-state index in [4.69, 9.17) is 14.6 Å². The zero-order chi connectivity index (χ0) is 14.5. The first-order chi connectivity index (χ1) is 9.61. The van der Waals surface area contributed by atoms with E-state index >= 15 is 0 Å². The van der Waals surface area contributed by atoms with Crippen LogP contribution in [0.15, 0.2) is 23.2 Å². The lowest BCUT2D eigenvalue weighted by atomic mass is 10.2. The van der Waals surface area contributed by atoms with E-state index in [1.807, 2.05) is 0 Å². The van der Waals surface area contributed by atoms with Gasteiger partial charge in [-0.25, -0.2) is 9.59 Å². The van der Waals surface area contributed by atoms with Gasteiger partial charge in [-0.05, 0) is 0 Å². The molecule has 0 saturated carbocycles. The first-order valence-electron chi connectivity index (χ1n) is 5.96. The predicted molar refractivity (Wildman–Crippen MR) is 65.3 cm³/mol. The van der Waals surface area contributed by atoms with Gasteiger partial charge in [-0.3, -0.25) is 0 Å². The highest BCUT2D eigenvalue weighted by Gasteiger charge is 2.29. The smallest absolute Gasteiger partial charge is 0.410 e. The number of aromatic carboxylic acids is 1. The van der Waals surface area contributed by atoms with Crippen molar-refractivity contribution in [2.45, 2.75) is 6.10 Å². The second-order valence-corrected chi connectivity index (χ2v) is 4.09. The number of nitrogens with zero attached hydrogens (tertiary/aromatic N) is 2. The van der Waals surface area contributed by atoms with Gasteiger partial charge in [0.05, 0.1) is 13.2 Å². The summed E-state index contributed by atoms with van der Waals surface area (Å²) in [7, 11) is 0. The summed E-state index contributed by atoms with van der Waals surface area (Å²) in [6.07, 6.45) is 0.476. The maximum atomic E-state index is 11.7. The number of carbonyl (C=O) groups excluding carboxylic acids is 1. The number of hydrogen-bond donors (Lipinski definition) is 1. The molecular formula is C12H14N2O6. The molecule has 108 valence electrons. The molecule has 20 heavy (non-hydrogen) atoms. The summed E-state index contributed by atoms with van der Waals surface area (Å²) in [6, 6.07) is 1.28. The van der Waals surface area contributed by atoms with Crippen molar-refractivity contribution in [2.75, 3.05) is 26.3 Å². The summed E-state index contributed by atoms with van der Waals surface area (Å²) in [5.74, 6) is -1.48. The molecule has 1 fully saturated rings. The van der Waals surface area contributed by atoms with Gasteiger partial charge in [0.25, 0.3) is 0 Å². The van der Waals surface area contributed by atoms with Gasteiger partial charge in [0.1, 0.15) is 18.4 Å². The van der Waals surface area contributed by atoms with E-state index in [9.17, 15) is 9.59 Å². The average molecular weight is 282 g/mol. The Hall–Kier alpha value is -2.35. The van der Waals surface area contributed by atoms with Gasteiger partial charge >= 0.3 is 12.1 Å². The molecule has 0 radical (unpaired) electrons. The number of ether oxygens (including phenoxy) is 2. The molecule has 1 aromatic heterocycles. The Labute approximate surface area is 114 Å². The molecular weight excluding hydrogens is 268 g/mol. The van der Waals surface area contributed by atoms with Crippen LogP contribution in [0.3, 0.4) is 0 Å². The van der Waals surface area contributed by atoms with Gasteiger partial charge in [0.2, 0.25) is 5.76 Å². The summed E-state index contributed by atoms with van der Waals surface area (Å²) >= 11 is 0. The number of hydrogen-bond acceptors (Lipinski definition) is 6. The molecule has 0 spiro atoms. The minimum atomic E-state index is -1.21. The molecule has 2 rings (SSSR count). The third-order valence-electron chi connectivity index (χ3n) is 2.72. The van der Waals surface area contributed by atoms with Crippen molar-refractivity contribution in [1.29, 1.82) is 0 Å². The molecule has 8 nitrogen and oxygen atoms in total. The van der Waals surface area contributed by atoms with Crippen molar-refractivity contribution in [2.24, 2.45) is 0 Å². The summed E-state index contributed by atoms with van der Waals surface area (Å²) in [5.41, 5.74) is 0.337. The molecule has 1 aliphatic heterocycles. The van der Waals surface area contributed by atoms with E-state index in [2.05, 4.69) is 16.3 Å². The van der Waals surface area contributed by atoms with Gasteiger partial charge in [-0.1, -0.05) is 17.8 Å². The van der Waals surface area contributed by atoms with Crippen LogP contribution in [0.5, 0.6) is 0 Å². The lowest BCUT2D eigenvalue weighted by Crippen LogP contribution is -2.42. The Bertz CT molecular complexity index is 512. The minimum absolute atomic E-state index is 0.133. The standard InChI is InChI=1S/C12H14N2O6/c1-2-4-19-12(17)14-3-5-18-10(7-14)8-6-9(11(15)16)20-13-8/h2,6,10H,1,3-5,7H2,(H,15,16). The lowest BCUT2D eigenvalue weighted by molar-refractivity contribution is -0.0303. The van der Waals surface area contributed by atoms with Gasteiger partial charge in [0.15, 0.2) is 0 Å². The van der Waals surface area contributed by atoms with Crippen LogP contribution in [-0.2, 0) is 9.47 Å². The largest absolute Gasteiger partial charge is 0.475 e. The fourth-order valence-electron chi connectivity index (χ4n) is 1.76. The molecule has 1 saturated heterocycles. The van der Waals surface area contributed by atoms with Gasteiger partial charge in [-0.2, -0.15) is 0 Å². The normalized spacial score (nSPS) is 18.6. The van der Waals surface area contributed by atoms with Crippen LogP contribution >= 0.6 is 0 Å². The van der Waals surface area contributed by atoms with Crippen LogP contribution in [0.4, 0.5) is 4.79 Å². The van der Waals surface area contributed by atoms with Crippen LogP contribution in [0.2, 0.25) is 0 Å². The Morgan fingerprint density at radius 1 is 1.65 bits per heavy atom. The highest BCUT2D eigenvalue weighted by molar-refractivity contribution is 5.84.